The van der Waals surface area contributed by atoms with E-state index < -0.39 is 0 Å². The monoisotopic (exact) mass is 427 g/mol. The van der Waals surface area contributed by atoms with Gasteiger partial charge in [0.2, 0.25) is 0 Å². The number of H-pyrrole nitrogens is 1. The van der Waals surface area contributed by atoms with Crippen molar-refractivity contribution >= 4 is 17.2 Å². The quantitative estimate of drug-likeness (QED) is 0.505. The summed E-state index contributed by atoms with van der Waals surface area (Å²) >= 11 is 0. The van der Waals surface area contributed by atoms with Crippen molar-refractivity contribution in [1.82, 2.24) is 19.6 Å². The van der Waals surface area contributed by atoms with Gasteiger partial charge in [-0.1, -0.05) is 13.8 Å². The molecule has 0 aliphatic heterocycles. The van der Waals surface area contributed by atoms with E-state index in [0.717, 1.165) is 24.4 Å². The maximum atomic E-state index is 12.8. The van der Waals surface area contributed by atoms with Gasteiger partial charge >= 0.3 is 5.97 Å². The lowest BCUT2D eigenvalue weighted by atomic mass is 10.1. The molecule has 0 saturated carbocycles. The minimum absolute atomic E-state index is 0.252. The molecule has 3 rings (SSSR count). The normalized spacial score (nSPS) is 12.0. The number of esters is 1. The number of aromatic nitrogens is 4. The molecule has 0 aliphatic rings. The van der Waals surface area contributed by atoms with E-state index in [1.54, 1.807) is 11.4 Å². The number of ether oxygens (including phenoxy) is 2. The number of nitrogens with zero attached hydrogens (tertiary/aromatic N) is 3. The Morgan fingerprint density at radius 2 is 2.10 bits per heavy atom. The summed E-state index contributed by atoms with van der Waals surface area (Å²) < 4.78 is 12.2. The van der Waals surface area contributed by atoms with Crippen molar-refractivity contribution in [1.29, 1.82) is 0 Å². The fourth-order valence-corrected chi connectivity index (χ4v) is 3.40. The van der Waals surface area contributed by atoms with Gasteiger partial charge in [0.25, 0.3) is 5.56 Å². The Morgan fingerprint density at radius 3 is 2.77 bits per heavy atom. The van der Waals surface area contributed by atoms with Crippen LogP contribution in [-0.2, 0) is 16.0 Å². The second kappa shape index (κ2) is 9.63. The van der Waals surface area contributed by atoms with E-state index in [2.05, 4.69) is 27.3 Å². The van der Waals surface area contributed by atoms with Gasteiger partial charge in [-0.2, -0.15) is 0 Å². The highest BCUT2D eigenvalue weighted by Crippen LogP contribution is 2.30. The molecule has 3 aromatic rings. The molecule has 0 saturated heterocycles. The summed E-state index contributed by atoms with van der Waals surface area (Å²) in [5.41, 5.74) is 2.27. The number of imidazole rings is 1. The van der Waals surface area contributed by atoms with Crippen LogP contribution < -0.4 is 15.6 Å². The second-order valence-electron chi connectivity index (χ2n) is 7.38. The van der Waals surface area contributed by atoms with Crippen LogP contribution in [0.5, 0.6) is 5.75 Å². The van der Waals surface area contributed by atoms with Crippen LogP contribution in [-0.4, -0.2) is 45.8 Å². The molecular weight excluding hydrogens is 398 g/mol. The molecule has 2 aromatic heterocycles. The van der Waals surface area contributed by atoms with Gasteiger partial charge in [-0.25, -0.2) is 9.50 Å². The van der Waals surface area contributed by atoms with Gasteiger partial charge in [-0.3, -0.25) is 9.59 Å². The number of aryl methyl sites for hydroxylation is 2. The molecule has 31 heavy (non-hydrogen) atoms. The Labute approximate surface area is 180 Å². The van der Waals surface area contributed by atoms with Crippen LogP contribution in [0.3, 0.4) is 0 Å². The molecule has 2 heterocycles. The summed E-state index contributed by atoms with van der Waals surface area (Å²) in [4.78, 5) is 31.9. The van der Waals surface area contributed by atoms with E-state index in [0.29, 0.717) is 41.5 Å². The van der Waals surface area contributed by atoms with Crippen molar-refractivity contribution in [2.24, 2.45) is 5.92 Å². The van der Waals surface area contributed by atoms with E-state index >= 15 is 0 Å². The first-order valence-corrected chi connectivity index (χ1v) is 10.5. The van der Waals surface area contributed by atoms with E-state index in [-0.39, 0.29) is 17.4 Å². The number of rotatable bonds is 9. The minimum Gasteiger partial charge on any atom is -0.493 e. The Balaban J connectivity index is 2.05. The zero-order valence-electron chi connectivity index (χ0n) is 18.6. The van der Waals surface area contributed by atoms with Crippen LogP contribution in [0, 0.1) is 12.8 Å². The van der Waals surface area contributed by atoms with Crippen molar-refractivity contribution in [2.45, 2.75) is 40.5 Å². The predicted molar refractivity (Wildman–Crippen MR) is 119 cm³/mol. The highest BCUT2D eigenvalue weighted by atomic mass is 16.5. The Bertz CT molecular complexity index is 1130. The molecule has 0 spiro atoms. The van der Waals surface area contributed by atoms with E-state index in [1.807, 2.05) is 32.0 Å². The molecular formula is C22H29N5O4. The molecule has 1 unspecified atom stereocenters. The molecule has 0 bridgehead atoms. The van der Waals surface area contributed by atoms with Crippen molar-refractivity contribution in [3.8, 4) is 17.1 Å². The lowest BCUT2D eigenvalue weighted by molar-refractivity contribution is -0.144. The van der Waals surface area contributed by atoms with Crippen molar-refractivity contribution in [2.75, 3.05) is 25.6 Å². The van der Waals surface area contributed by atoms with Crippen LogP contribution in [0.1, 0.15) is 38.7 Å². The van der Waals surface area contributed by atoms with Crippen molar-refractivity contribution in [3.63, 3.8) is 0 Å². The standard InChI is InChI=1S/C22H29N5O4/c1-6-8-18-24-14(4)19-21(28)25-20(26-27(18)19)16-11-15(9-10-17(16)31-7-2)23-12-13(3)22(29)30-5/h9-11,13,23H,6-8,12H2,1-5H3,(H,25,26,28). The van der Waals surface area contributed by atoms with Gasteiger partial charge in [0.1, 0.15) is 11.6 Å². The topological polar surface area (TPSA) is 111 Å². The molecule has 0 aliphatic carbocycles. The molecule has 9 nitrogen and oxygen atoms in total. The molecule has 0 radical (unpaired) electrons. The van der Waals surface area contributed by atoms with Crippen LogP contribution in [0.15, 0.2) is 23.0 Å². The summed E-state index contributed by atoms with van der Waals surface area (Å²) in [6.07, 6.45) is 1.61. The minimum atomic E-state index is -0.306. The molecule has 1 atom stereocenters. The number of aromatic amines is 1. The number of hydrogen-bond donors (Lipinski definition) is 2. The number of methoxy groups -OCH3 is 1. The summed E-state index contributed by atoms with van der Waals surface area (Å²) in [7, 11) is 1.37. The molecule has 1 aromatic carbocycles. The fourth-order valence-electron chi connectivity index (χ4n) is 3.40. The fraction of sp³-hybridized carbons (Fsp3) is 0.455. The average molecular weight is 428 g/mol. The lowest BCUT2D eigenvalue weighted by Crippen LogP contribution is -2.21. The third-order valence-electron chi connectivity index (χ3n) is 4.97. The van der Waals surface area contributed by atoms with Gasteiger partial charge in [-0.05, 0) is 38.5 Å². The van der Waals surface area contributed by atoms with Gasteiger partial charge in [0, 0.05) is 18.7 Å². The zero-order chi connectivity index (χ0) is 22.5. The number of carbonyl (C=O) groups excluding carboxylic acids is 1. The summed E-state index contributed by atoms with van der Waals surface area (Å²) in [5.74, 6) is 1.15. The summed E-state index contributed by atoms with van der Waals surface area (Å²) in [6.45, 7) is 8.43. The first-order chi connectivity index (χ1) is 14.9. The average Bonchev–Trinajstić information content (AvgIpc) is 3.08. The highest BCUT2D eigenvalue weighted by Gasteiger charge is 2.18. The molecule has 0 amide bonds. The summed E-state index contributed by atoms with van der Waals surface area (Å²) in [5, 5.41) is 7.91. The van der Waals surface area contributed by atoms with E-state index in [1.165, 1.54) is 7.11 Å². The number of hydrogen-bond acceptors (Lipinski definition) is 7. The first kappa shape index (κ1) is 22.3. The highest BCUT2D eigenvalue weighted by molar-refractivity contribution is 5.73. The van der Waals surface area contributed by atoms with Crippen LogP contribution in [0.4, 0.5) is 5.69 Å². The maximum absolute atomic E-state index is 12.8. The smallest absolute Gasteiger partial charge is 0.310 e. The van der Waals surface area contributed by atoms with E-state index in [4.69, 9.17) is 9.47 Å². The van der Waals surface area contributed by atoms with Crippen molar-refractivity contribution < 1.29 is 14.3 Å². The van der Waals surface area contributed by atoms with Crippen molar-refractivity contribution in [3.05, 3.63) is 40.1 Å². The number of anilines is 1. The lowest BCUT2D eigenvalue weighted by Gasteiger charge is -2.15. The molecule has 0 fully saturated rings. The van der Waals surface area contributed by atoms with E-state index in [9.17, 15) is 9.59 Å². The second-order valence-corrected chi connectivity index (χ2v) is 7.38. The maximum Gasteiger partial charge on any atom is 0.310 e. The Hall–Kier alpha value is -3.36. The van der Waals surface area contributed by atoms with Crippen LogP contribution >= 0.6 is 0 Å². The Morgan fingerprint density at radius 1 is 1.32 bits per heavy atom. The number of fused-ring (bicyclic) bond motifs is 1. The SMILES string of the molecule is CCCc1nc(C)c2c(=O)[nH]c(-c3cc(NCC(C)C(=O)OC)ccc3OCC)nn12. The molecule has 2 N–H and O–H groups in total. The van der Waals surface area contributed by atoms with Gasteiger partial charge < -0.3 is 19.8 Å². The zero-order valence-corrected chi connectivity index (χ0v) is 18.6. The third kappa shape index (κ3) is 4.70. The largest absolute Gasteiger partial charge is 0.493 e. The first-order valence-electron chi connectivity index (χ1n) is 10.5. The summed E-state index contributed by atoms with van der Waals surface area (Å²) in [6, 6.07) is 5.53. The van der Waals surface area contributed by atoms with Gasteiger partial charge in [0.05, 0.1) is 30.9 Å². The third-order valence-corrected chi connectivity index (χ3v) is 4.97. The molecule has 9 heteroatoms. The van der Waals surface area contributed by atoms with Crippen LogP contribution in [0.2, 0.25) is 0 Å². The number of benzene rings is 1. The molecule has 166 valence electrons. The number of nitrogens with one attached hydrogen (secondary N) is 2. The van der Waals surface area contributed by atoms with Gasteiger partial charge in [-0.15, -0.1) is 5.10 Å². The Kier molecular flexibility index (Phi) is 6.94. The van der Waals surface area contributed by atoms with Crippen LogP contribution in [0.25, 0.3) is 16.9 Å². The predicted octanol–water partition coefficient (Wildman–Crippen LogP) is 2.97. The number of carbonyl (C=O) groups is 1. The van der Waals surface area contributed by atoms with Gasteiger partial charge in [0.15, 0.2) is 11.3 Å².